The number of rotatable bonds is 3. The number of hydrogen-bond donors (Lipinski definition) is 2. The van der Waals surface area contributed by atoms with Gasteiger partial charge in [-0.2, -0.15) is 0 Å². The number of nitrogens with one attached hydrogen (secondary N) is 2. The van der Waals surface area contributed by atoms with Crippen LogP contribution >= 0.6 is 0 Å². The van der Waals surface area contributed by atoms with Crippen LogP contribution in [0.1, 0.15) is 19.8 Å². The number of piperidine rings is 1. The van der Waals surface area contributed by atoms with Crippen molar-refractivity contribution in [3.63, 3.8) is 0 Å². The second kappa shape index (κ2) is 5.71. The van der Waals surface area contributed by atoms with Gasteiger partial charge in [0.1, 0.15) is 17.5 Å². The summed E-state index contributed by atoms with van der Waals surface area (Å²) < 4.78 is 66.3. The first kappa shape index (κ1) is 15.3. The molecular weight excluding hydrogens is 293 g/mol. The van der Waals surface area contributed by atoms with Crippen molar-refractivity contribution in [3.05, 3.63) is 29.6 Å². The van der Waals surface area contributed by atoms with E-state index in [1.165, 1.54) is 0 Å². The van der Waals surface area contributed by atoms with Crippen LogP contribution in [0.2, 0.25) is 0 Å². The molecule has 0 bridgehead atoms. The summed E-state index contributed by atoms with van der Waals surface area (Å²) in [5, 5.41) is 3.07. The summed E-state index contributed by atoms with van der Waals surface area (Å²) in [6, 6.07) is 0.0862. The molecule has 1 aromatic rings. The van der Waals surface area contributed by atoms with Crippen LogP contribution in [0.15, 0.2) is 17.0 Å². The maximum atomic E-state index is 13.5. The average Bonchev–Trinajstić information content (AvgIpc) is 2.30. The molecule has 1 aromatic carbocycles. The summed E-state index contributed by atoms with van der Waals surface area (Å²) >= 11 is 0. The van der Waals surface area contributed by atoms with Crippen molar-refractivity contribution in [3.8, 4) is 0 Å². The Balaban J connectivity index is 2.31. The SMILES string of the molecule is C[C@@H]1NCCC[C@H]1NS(=O)(=O)c1c(F)cc(F)cc1F. The predicted octanol–water partition coefficient (Wildman–Crippen LogP) is 1.52. The second-order valence-corrected chi connectivity index (χ2v) is 6.46. The van der Waals surface area contributed by atoms with E-state index in [1.807, 2.05) is 0 Å². The van der Waals surface area contributed by atoms with E-state index in [2.05, 4.69) is 10.0 Å². The van der Waals surface area contributed by atoms with E-state index in [0.717, 1.165) is 13.0 Å². The quantitative estimate of drug-likeness (QED) is 0.890. The topological polar surface area (TPSA) is 58.2 Å². The Morgan fingerprint density at radius 2 is 1.85 bits per heavy atom. The molecule has 2 rings (SSSR count). The van der Waals surface area contributed by atoms with Gasteiger partial charge in [0.25, 0.3) is 0 Å². The predicted molar refractivity (Wildman–Crippen MR) is 67.1 cm³/mol. The standard InChI is InChI=1S/C12H15F3N2O2S/c1-7-11(3-2-4-16-7)17-20(18,19)12-9(14)5-8(13)6-10(12)15/h5-7,11,16-17H,2-4H2,1H3/t7-,11+/m0/s1. The molecule has 0 saturated carbocycles. The van der Waals surface area contributed by atoms with Crippen LogP contribution in [0.25, 0.3) is 0 Å². The van der Waals surface area contributed by atoms with E-state index in [-0.39, 0.29) is 6.04 Å². The van der Waals surface area contributed by atoms with Gasteiger partial charge >= 0.3 is 0 Å². The molecule has 2 atom stereocenters. The van der Waals surface area contributed by atoms with E-state index in [4.69, 9.17) is 0 Å². The highest BCUT2D eigenvalue weighted by Crippen LogP contribution is 2.21. The fraction of sp³-hybridized carbons (Fsp3) is 0.500. The first-order valence-electron chi connectivity index (χ1n) is 6.21. The lowest BCUT2D eigenvalue weighted by molar-refractivity contribution is 0.347. The molecule has 4 nitrogen and oxygen atoms in total. The molecule has 0 aromatic heterocycles. The third kappa shape index (κ3) is 3.13. The fourth-order valence-electron chi connectivity index (χ4n) is 2.25. The van der Waals surface area contributed by atoms with Crippen LogP contribution in [0, 0.1) is 17.5 Å². The van der Waals surface area contributed by atoms with Crippen molar-refractivity contribution in [2.24, 2.45) is 0 Å². The summed E-state index contributed by atoms with van der Waals surface area (Å²) in [5.74, 6) is -4.04. The second-order valence-electron chi connectivity index (χ2n) is 4.81. The number of hydrogen-bond acceptors (Lipinski definition) is 3. The van der Waals surface area contributed by atoms with Crippen LogP contribution in [-0.2, 0) is 10.0 Å². The molecule has 20 heavy (non-hydrogen) atoms. The number of sulfonamides is 1. The molecule has 1 aliphatic heterocycles. The van der Waals surface area contributed by atoms with Gasteiger partial charge in [0, 0.05) is 24.2 Å². The van der Waals surface area contributed by atoms with E-state index in [1.54, 1.807) is 6.92 Å². The monoisotopic (exact) mass is 308 g/mol. The highest BCUT2D eigenvalue weighted by molar-refractivity contribution is 7.89. The zero-order chi connectivity index (χ0) is 14.9. The van der Waals surface area contributed by atoms with Gasteiger partial charge in [-0.1, -0.05) is 0 Å². The molecule has 1 aliphatic rings. The van der Waals surface area contributed by atoms with Crippen molar-refractivity contribution in [1.82, 2.24) is 10.0 Å². The normalized spacial score (nSPS) is 23.8. The Hall–Kier alpha value is -1.12. The van der Waals surface area contributed by atoms with Crippen molar-refractivity contribution < 1.29 is 21.6 Å². The van der Waals surface area contributed by atoms with Crippen LogP contribution in [0.5, 0.6) is 0 Å². The van der Waals surface area contributed by atoms with Crippen LogP contribution < -0.4 is 10.0 Å². The van der Waals surface area contributed by atoms with E-state index in [9.17, 15) is 21.6 Å². The minimum atomic E-state index is -4.38. The van der Waals surface area contributed by atoms with E-state index >= 15 is 0 Å². The van der Waals surface area contributed by atoms with Crippen molar-refractivity contribution >= 4 is 10.0 Å². The molecule has 1 heterocycles. The van der Waals surface area contributed by atoms with Gasteiger partial charge in [-0.25, -0.2) is 26.3 Å². The summed E-state index contributed by atoms with van der Waals surface area (Å²) in [6.45, 7) is 2.54. The van der Waals surface area contributed by atoms with Crippen LogP contribution in [0.3, 0.4) is 0 Å². The highest BCUT2D eigenvalue weighted by atomic mass is 32.2. The smallest absolute Gasteiger partial charge is 0.246 e. The van der Waals surface area contributed by atoms with Gasteiger partial charge in [0.05, 0.1) is 0 Å². The summed E-state index contributed by atoms with van der Waals surface area (Å²) in [4.78, 5) is -1.14. The van der Waals surface area contributed by atoms with E-state index < -0.39 is 38.4 Å². The summed E-state index contributed by atoms with van der Waals surface area (Å²) in [7, 11) is -4.38. The first-order chi connectivity index (χ1) is 9.31. The molecular formula is C12H15F3N2O2S. The molecule has 1 saturated heterocycles. The van der Waals surface area contributed by atoms with Crippen LogP contribution in [-0.4, -0.2) is 27.0 Å². The minimum absolute atomic E-state index is 0.148. The minimum Gasteiger partial charge on any atom is -0.313 e. The lowest BCUT2D eigenvalue weighted by atomic mass is 10.0. The maximum Gasteiger partial charge on any atom is 0.246 e. The molecule has 0 spiro atoms. The lowest BCUT2D eigenvalue weighted by Crippen LogP contribution is -2.52. The third-order valence-corrected chi connectivity index (χ3v) is 4.84. The van der Waals surface area contributed by atoms with Gasteiger partial charge in [0.15, 0.2) is 4.90 Å². The van der Waals surface area contributed by atoms with Gasteiger partial charge in [0.2, 0.25) is 10.0 Å². The highest BCUT2D eigenvalue weighted by Gasteiger charge is 2.30. The van der Waals surface area contributed by atoms with Crippen LogP contribution in [0.4, 0.5) is 13.2 Å². The number of halogens is 3. The molecule has 0 amide bonds. The molecule has 112 valence electrons. The Morgan fingerprint density at radius 1 is 1.25 bits per heavy atom. The van der Waals surface area contributed by atoms with Crippen molar-refractivity contribution in [2.75, 3.05) is 6.54 Å². The molecule has 0 aliphatic carbocycles. The first-order valence-corrected chi connectivity index (χ1v) is 7.70. The Morgan fingerprint density at radius 3 is 2.40 bits per heavy atom. The van der Waals surface area contributed by atoms with Crippen molar-refractivity contribution in [2.45, 2.75) is 36.7 Å². The van der Waals surface area contributed by atoms with Gasteiger partial charge < -0.3 is 5.32 Å². The maximum absolute atomic E-state index is 13.5. The molecule has 1 fully saturated rings. The summed E-state index contributed by atoms with van der Waals surface area (Å²) in [6.07, 6.45) is 1.32. The molecule has 8 heteroatoms. The largest absolute Gasteiger partial charge is 0.313 e. The van der Waals surface area contributed by atoms with Gasteiger partial charge in [-0.3, -0.25) is 0 Å². The van der Waals surface area contributed by atoms with Crippen molar-refractivity contribution in [1.29, 1.82) is 0 Å². The zero-order valence-electron chi connectivity index (χ0n) is 10.8. The fourth-order valence-corrected chi connectivity index (χ4v) is 3.72. The lowest BCUT2D eigenvalue weighted by Gasteiger charge is -2.30. The molecule has 0 radical (unpaired) electrons. The van der Waals surface area contributed by atoms with Gasteiger partial charge in [-0.05, 0) is 26.3 Å². The third-order valence-electron chi connectivity index (χ3n) is 3.30. The summed E-state index contributed by atoms with van der Waals surface area (Å²) in [5.41, 5.74) is 0. The number of benzene rings is 1. The van der Waals surface area contributed by atoms with E-state index in [0.29, 0.717) is 18.6 Å². The average molecular weight is 308 g/mol. The Bertz CT molecular complexity index is 584. The molecule has 2 N–H and O–H groups in total. The molecule has 0 unspecified atom stereocenters. The zero-order valence-corrected chi connectivity index (χ0v) is 11.6. The Labute approximate surface area is 115 Å². The van der Waals surface area contributed by atoms with Gasteiger partial charge in [-0.15, -0.1) is 0 Å². The Kier molecular flexibility index (Phi) is 4.36.